The summed E-state index contributed by atoms with van der Waals surface area (Å²) >= 11 is 0. The molecule has 3 fully saturated rings. The monoisotopic (exact) mass is 877 g/mol. The molecule has 0 spiro atoms. The number of aromatic nitrogens is 2. The van der Waals surface area contributed by atoms with Crippen molar-refractivity contribution in [2.75, 3.05) is 48.1 Å². The van der Waals surface area contributed by atoms with E-state index in [1.54, 1.807) is 24.1 Å². The van der Waals surface area contributed by atoms with Gasteiger partial charge >= 0.3 is 0 Å². The van der Waals surface area contributed by atoms with Crippen molar-refractivity contribution >= 4 is 55.9 Å². The Morgan fingerprint density at radius 3 is 2.40 bits per heavy atom. The Hall–Kier alpha value is -6.00. The number of ketones is 1. The first kappa shape index (κ1) is 42.3. The Balaban J connectivity index is 0.781. The van der Waals surface area contributed by atoms with Gasteiger partial charge in [0.05, 0.1) is 17.0 Å². The van der Waals surface area contributed by atoms with Crippen molar-refractivity contribution in [3.63, 3.8) is 0 Å². The molecule has 0 unspecified atom stereocenters. The minimum atomic E-state index is -3.89. The number of nitrogens with one attached hydrogen (secondary N) is 3. The molecule has 16 heteroatoms. The molecule has 6 heterocycles. The van der Waals surface area contributed by atoms with Gasteiger partial charge < -0.3 is 19.7 Å². The van der Waals surface area contributed by atoms with Gasteiger partial charge in [-0.15, -0.1) is 0 Å². The van der Waals surface area contributed by atoms with Gasteiger partial charge in [-0.1, -0.05) is 31.2 Å². The molecule has 3 aromatic carbocycles. The van der Waals surface area contributed by atoms with E-state index in [-0.39, 0.29) is 29.6 Å². The number of pyridine rings is 1. The van der Waals surface area contributed by atoms with Crippen molar-refractivity contribution in [2.24, 2.45) is 5.92 Å². The van der Waals surface area contributed by atoms with Crippen LogP contribution in [0.3, 0.4) is 0 Å². The van der Waals surface area contributed by atoms with E-state index in [0.717, 1.165) is 92.9 Å². The SMILES string of the molecule is CCCS(=O)(=O)Nc1ccc(F)c(C(=O)c2c[nH]c3ncc(-c4ccc(N5CCC(CN6CCC(c7ccc8c(c7)CN([C@H]7CCC(=O)NC7=O)C8=O)CC6)CC5)cc4)cc23)c1F. The molecule has 0 radical (unpaired) electrons. The van der Waals surface area contributed by atoms with Gasteiger partial charge in [-0.25, -0.2) is 22.2 Å². The largest absolute Gasteiger partial charge is 0.372 e. The fourth-order valence-corrected chi connectivity index (χ4v) is 10.8. The molecule has 1 atom stereocenters. The molecule has 4 aliphatic rings. The molecule has 4 aliphatic heterocycles. The summed E-state index contributed by atoms with van der Waals surface area (Å²) < 4.78 is 57.3. The fourth-order valence-electron chi connectivity index (χ4n) is 9.71. The number of amides is 3. The normalized spacial score (nSPS) is 19.2. The molecule has 9 rings (SSSR count). The number of imide groups is 1. The third-order valence-corrected chi connectivity index (χ3v) is 14.6. The zero-order valence-corrected chi connectivity index (χ0v) is 35.8. The number of hydrogen-bond donors (Lipinski definition) is 3. The Kier molecular flexibility index (Phi) is 11.6. The number of carbonyl (C=O) groups excluding carboxylic acids is 4. The van der Waals surface area contributed by atoms with E-state index in [1.807, 2.05) is 18.2 Å². The topological polar surface area (TPSA) is 165 Å². The molecule has 328 valence electrons. The van der Waals surface area contributed by atoms with Crippen LogP contribution in [0.1, 0.15) is 95.2 Å². The lowest BCUT2D eigenvalue weighted by atomic mass is 9.87. The van der Waals surface area contributed by atoms with Crippen LogP contribution in [0.4, 0.5) is 20.2 Å². The fraction of sp³-hybridized carbons (Fsp3) is 0.383. The number of aromatic amines is 1. The highest BCUT2D eigenvalue weighted by atomic mass is 32.2. The summed E-state index contributed by atoms with van der Waals surface area (Å²) in [5.74, 6) is -3.38. The zero-order chi connectivity index (χ0) is 44.0. The number of rotatable bonds is 12. The lowest BCUT2D eigenvalue weighted by Crippen LogP contribution is -2.52. The predicted octanol–water partition coefficient (Wildman–Crippen LogP) is 6.75. The van der Waals surface area contributed by atoms with E-state index in [4.69, 9.17) is 0 Å². The summed E-state index contributed by atoms with van der Waals surface area (Å²) in [7, 11) is -3.89. The molecule has 0 saturated carbocycles. The van der Waals surface area contributed by atoms with Crippen molar-refractivity contribution < 1.29 is 36.4 Å². The van der Waals surface area contributed by atoms with Gasteiger partial charge in [0, 0.05) is 72.8 Å². The van der Waals surface area contributed by atoms with E-state index in [9.17, 15) is 32.0 Å². The van der Waals surface area contributed by atoms with Gasteiger partial charge in [-0.05, 0) is 117 Å². The number of nitrogens with zero attached hydrogens (tertiary/aromatic N) is 4. The molecule has 3 N–H and O–H groups in total. The van der Waals surface area contributed by atoms with E-state index in [1.165, 1.54) is 11.8 Å². The molecule has 0 aliphatic carbocycles. The minimum absolute atomic E-state index is 0.00832. The van der Waals surface area contributed by atoms with Crippen LogP contribution in [-0.2, 0) is 26.2 Å². The maximum absolute atomic E-state index is 15.5. The van der Waals surface area contributed by atoms with Gasteiger partial charge in [0.2, 0.25) is 27.6 Å². The molecule has 13 nitrogen and oxygen atoms in total. The lowest BCUT2D eigenvalue weighted by molar-refractivity contribution is -0.136. The summed E-state index contributed by atoms with van der Waals surface area (Å²) in [6, 6.07) is 17.3. The van der Waals surface area contributed by atoms with Crippen LogP contribution in [0.15, 0.2) is 73.1 Å². The van der Waals surface area contributed by atoms with Crippen LogP contribution in [0.5, 0.6) is 0 Å². The van der Waals surface area contributed by atoms with Crippen LogP contribution in [0, 0.1) is 17.6 Å². The van der Waals surface area contributed by atoms with Crippen LogP contribution in [0.2, 0.25) is 0 Å². The number of likely N-dealkylation sites (tertiary alicyclic amines) is 1. The van der Waals surface area contributed by atoms with Crippen LogP contribution < -0.4 is 14.9 Å². The van der Waals surface area contributed by atoms with Gasteiger partial charge in [0.1, 0.15) is 17.5 Å². The number of halogens is 2. The average molecular weight is 878 g/mol. The number of hydrogen-bond acceptors (Lipinski definition) is 9. The number of fused-ring (bicyclic) bond motifs is 2. The number of H-pyrrole nitrogens is 1. The maximum atomic E-state index is 15.5. The summed E-state index contributed by atoms with van der Waals surface area (Å²) in [5.41, 5.74) is 4.57. The van der Waals surface area contributed by atoms with Gasteiger partial charge in [0.15, 0.2) is 5.82 Å². The van der Waals surface area contributed by atoms with E-state index < -0.39 is 50.6 Å². The molecule has 3 saturated heterocycles. The zero-order valence-electron chi connectivity index (χ0n) is 35.0. The van der Waals surface area contributed by atoms with Crippen molar-refractivity contribution in [1.29, 1.82) is 0 Å². The Morgan fingerprint density at radius 1 is 0.905 bits per heavy atom. The lowest BCUT2D eigenvalue weighted by Gasteiger charge is -2.38. The number of carbonyl (C=O) groups is 4. The predicted molar refractivity (Wildman–Crippen MR) is 235 cm³/mol. The van der Waals surface area contributed by atoms with Crippen LogP contribution in [-0.4, -0.2) is 96.2 Å². The number of anilines is 2. The number of piperidine rings is 3. The standard InChI is InChI=1S/C47H49F2N7O6S/c1-2-21-63(61,62)53-39-10-9-38(48)42(43(39)49)44(58)37-25-51-45-36(37)23-32(24-50-45)29-3-6-34(7-4-29)55-19-13-28(14-20-55)26-54-17-15-30(16-18-54)31-5-8-35-33(22-31)27-56(47(35)60)40-11-12-41(57)52-46(40)59/h3-10,22-25,28,30,40,53H,2,11-21,26-27H2,1H3,(H,50,51)(H,52,57,59)/t40-/m0/s1. The van der Waals surface area contributed by atoms with Gasteiger partial charge in [-0.3, -0.25) is 29.2 Å². The summed E-state index contributed by atoms with van der Waals surface area (Å²) in [6.45, 7) is 7.06. The first-order valence-corrected chi connectivity index (χ1v) is 23.4. The van der Waals surface area contributed by atoms with E-state index >= 15 is 4.39 Å². The highest BCUT2D eigenvalue weighted by Crippen LogP contribution is 2.36. The molecule has 0 bridgehead atoms. The first-order chi connectivity index (χ1) is 30.4. The summed E-state index contributed by atoms with van der Waals surface area (Å²) in [5, 5.41) is 2.75. The molecule has 2 aromatic heterocycles. The third kappa shape index (κ3) is 8.57. The van der Waals surface area contributed by atoms with E-state index in [0.29, 0.717) is 47.8 Å². The van der Waals surface area contributed by atoms with Crippen molar-refractivity contribution in [3.05, 3.63) is 113 Å². The Bertz CT molecular complexity index is 2730. The number of benzene rings is 3. The second-order valence-corrected chi connectivity index (χ2v) is 19.1. The quantitative estimate of drug-likeness (QED) is 0.0909. The van der Waals surface area contributed by atoms with Crippen LogP contribution in [0.25, 0.3) is 22.2 Å². The van der Waals surface area contributed by atoms with E-state index in [2.05, 4.69) is 54.1 Å². The highest BCUT2D eigenvalue weighted by molar-refractivity contribution is 7.92. The average Bonchev–Trinajstić information content (AvgIpc) is 3.85. The summed E-state index contributed by atoms with van der Waals surface area (Å²) in [6.07, 6.45) is 8.20. The molecule has 63 heavy (non-hydrogen) atoms. The Labute approximate surface area is 364 Å². The summed E-state index contributed by atoms with van der Waals surface area (Å²) in [4.78, 5) is 64.9. The van der Waals surface area contributed by atoms with Gasteiger partial charge in [-0.2, -0.15) is 0 Å². The smallest absolute Gasteiger partial charge is 0.255 e. The molecule has 3 amide bonds. The van der Waals surface area contributed by atoms with Crippen molar-refractivity contribution in [3.8, 4) is 11.1 Å². The van der Waals surface area contributed by atoms with Gasteiger partial charge in [0.25, 0.3) is 5.91 Å². The molecule has 5 aromatic rings. The number of sulfonamides is 1. The Morgan fingerprint density at radius 2 is 1.67 bits per heavy atom. The molecular weight excluding hydrogens is 829 g/mol. The van der Waals surface area contributed by atoms with Crippen molar-refractivity contribution in [1.82, 2.24) is 25.1 Å². The second kappa shape index (κ2) is 17.3. The molecular formula is C47H49F2N7O6S. The highest BCUT2D eigenvalue weighted by Gasteiger charge is 2.39. The van der Waals surface area contributed by atoms with Crippen molar-refractivity contribution in [2.45, 2.75) is 70.4 Å². The third-order valence-electron chi connectivity index (χ3n) is 13.1. The minimum Gasteiger partial charge on any atom is -0.372 e. The maximum Gasteiger partial charge on any atom is 0.255 e. The van der Waals surface area contributed by atoms with Crippen LogP contribution >= 0.6 is 0 Å². The second-order valence-electron chi connectivity index (χ2n) is 17.2. The first-order valence-electron chi connectivity index (χ1n) is 21.7.